The molecule has 0 radical (unpaired) electrons. The molecular weight excluding hydrogens is 226 g/mol. The fraction of sp³-hybridized carbons (Fsp3) is 0.200. The summed E-state index contributed by atoms with van der Waals surface area (Å²) in [5.74, 6) is 0. The van der Waals surface area contributed by atoms with Crippen LogP contribution in [0.2, 0.25) is 0 Å². The Hall–Kier alpha value is -1.54. The highest BCUT2D eigenvalue weighted by Crippen LogP contribution is 2.25. The van der Waals surface area contributed by atoms with Crippen molar-refractivity contribution in [2.24, 2.45) is 0 Å². The van der Waals surface area contributed by atoms with Gasteiger partial charge in [-0.25, -0.2) is 0 Å². The van der Waals surface area contributed by atoms with E-state index in [1.54, 1.807) is 0 Å². The Balaban J connectivity index is 1.85. The van der Waals surface area contributed by atoms with E-state index in [0.717, 1.165) is 13.0 Å². The van der Waals surface area contributed by atoms with E-state index in [-0.39, 0.29) is 0 Å². The molecule has 1 aromatic carbocycles. The number of aryl methyl sites for hydroxylation is 3. The number of aromatic nitrogens is 1. The summed E-state index contributed by atoms with van der Waals surface area (Å²) in [6, 6.07) is 15.2. The van der Waals surface area contributed by atoms with Gasteiger partial charge in [0.1, 0.15) is 0 Å². The number of fused-ring (bicyclic) bond motifs is 1. The van der Waals surface area contributed by atoms with Crippen molar-refractivity contribution in [2.45, 2.75) is 19.9 Å². The summed E-state index contributed by atoms with van der Waals surface area (Å²) in [5, 5.41) is 2.17. The summed E-state index contributed by atoms with van der Waals surface area (Å²) in [6.45, 7) is 3.26. The van der Waals surface area contributed by atoms with Gasteiger partial charge in [-0.1, -0.05) is 30.3 Å². The molecule has 0 saturated carbocycles. The number of benzene rings is 1. The lowest BCUT2D eigenvalue weighted by atomic mass is 10.1. The molecule has 3 rings (SSSR count). The lowest BCUT2D eigenvalue weighted by Gasteiger charge is -2.07. The van der Waals surface area contributed by atoms with E-state index in [2.05, 4.69) is 59.3 Å². The highest BCUT2D eigenvalue weighted by Gasteiger charge is 2.06. The second-order valence-electron chi connectivity index (χ2n) is 4.34. The molecule has 0 N–H and O–H groups in total. The normalized spacial score (nSPS) is 11.1. The molecule has 0 fully saturated rings. The Kier molecular flexibility index (Phi) is 2.73. The largest absolute Gasteiger partial charge is 0.344 e. The molecular formula is C15H15NS. The van der Waals surface area contributed by atoms with E-state index in [0.29, 0.717) is 0 Å². The van der Waals surface area contributed by atoms with Crippen molar-refractivity contribution in [2.75, 3.05) is 0 Å². The van der Waals surface area contributed by atoms with Crippen LogP contribution in [0.1, 0.15) is 11.3 Å². The second kappa shape index (κ2) is 4.38. The van der Waals surface area contributed by atoms with E-state index in [1.807, 2.05) is 11.3 Å². The number of nitrogens with zero attached hydrogens (tertiary/aromatic N) is 1. The lowest BCUT2D eigenvalue weighted by molar-refractivity contribution is 0.703. The maximum Gasteiger partial charge on any atom is 0.0592 e. The minimum Gasteiger partial charge on any atom is -0.344 e. The Labute approximate surface area is 105 Å². The molecule has 0 unspecified atom stereocenters. The quantitative estimate of drug-likeness (QED) is 0.646. The van der Waals surface area contributed by atoms with Crippen molar-refractivity contribution in [1.82, 2.24) is 4.57 Å². The molecule has 2 heterocycles. The monoisotopic (exact) mass is 241 g/mol. The Bertz CT molecular complexity index is 619. The van der Waals surface area contributed by atoms with Gasteiger partial charge in [0.25, 0.3) is 0 Å². The first-order valence-corrected chi connectivity index (χ1v) is 6.80. The lowest BCUT2D eigenvalue weighted by Crippen LogP contribution is -2.02. The van der Waals surface area contributed by atoms with Crippen molar-refractivity contribution in [3.05, 3.63) is 59.1 Å². The first kappa shape index (κ1) is 10.6. The van der Waals surface area contributed by atoms with Crippen molar-refractivity contribution >= 4 is 21.6 Å². The van der Waals surface area contributed by atoms with Crippen molar-refractivity contribution in [1.29, 1.82) is 0 Å². The van der Waals surface area contributed by atoms with Crippen LogP contribution in [0.3, 0.4) is 0 Å². The zero-order valence-electron chi connectivity index (χ0n) is 9.89. The molecule has 0 saturated heterocycles. The smallest absolute Gasteiger partial charge is 0.0592 e. The summed E-state index contributed by atoms with van der Waals surface area (Å²) >= 11 is 1.82. The number of hydrogen-bond donors (Lipinski definition) is 0. The van der Waals surface area contributed by atoms with E-state index >= 15 is 0 Å². The predicted molar refractivity (Wildman–Crippen MR) is 74.7 cm³/mol. The second-order valence-corrected chi connectivity index (χ2v) is 5.29. The molecule has 17 heavy (non-hydrogen) atoms. The third-order valence-electron chi connectivity index (χ3n) is 3.20. The fourth-order valence-electron chi connectivity index (χ4n) is 2.29. The van der Waals surface area contributed by atoms with Crippen molar-refractivity contribution < 1.29 is 0 Å². The Morgan fingerprint density at radius 2 is 1.94 bits per heavy atom. The van der Waals surface area contributed by atoms with E-state index in [4.69, 9.17) is 0 Å². The van der Waals surface area contributed by atoms with Gasteiger partial charge in [0, 0.05) is 12.2 Å². The van der Waals surface area contributed by atoms with Crippen LogP contribution < -0.4 is 0 Å². The van der Waals surface area contributed by atoms with Crippen molar-refractivity contribution in [3.63, 3.8) is 0 Å². The van der Waals surface area contributed by atoms with Crippen molar-refractivity contribution in [3.8, 4) is 0 Å². The van der Waals surface area contributed by atoms with Gasteiger partial charge >= 0.3 is 0 Å². The van der Waals surface area contributed by atoms with Crippen LogP contribution in [0.25, 0.3) is 10.2 Å². The molecule has 0 aliphatic heterocycles. The highest BCUT2D eigenvalue weighted by molar-refractivity contribution is 7.17. The topological polar surface area (TPSA) is 4.93 Å². The summed E-state index contributed by atoms with van der Waals surface area (Å²) in [5.41, 5.74) is 4.15. The molecule has 0 aliphatic carbocycles. The van der Waals surface area contributed by atoms with Gasteiger partial charge in [0.2, 0.25) is 0 Å². The number of hydrogen-bond acceptors (Lipinski definition) is 1. The summed E-state index contributed by atoms with van der Waals surface area (Å²) in [6.07, 6.45) is 1.10. The van der Waals surface area contributed by atoms with Crippen LogP contribution in [0.4, 0.5) is 0 Å². The minimum atomic E-state index is 1.07. The van der Waals surface area contributed by atoms with E-state index in [9.17, 15) is 0 Å². The van der Waals surface area contributed by atoms with Gasteiger partial charge < -0.3 is 4.57 Å². The van der Waals surface area contributed by atoms with E-state index < -0.39 is 0 Å². The average molecular weight is 241 g/mol. The molecule has 0 amide bonds. The summed E-state index contributed by atoms with van der Waals surface area (Å²) in [4.78, 5) is 0. The average Bonchev–Trinajstić information content (AvgIpc) is 2.89. The van der Waals surface area contributed by atoms with Gasteiger partial charge in [-0.05, 0) is 36.4 Å². The molecule has 0 atom stereocenters. The molecule has 2 heteroatoms. The molecule has 86 valence electrons. The van der Waals surface area contributed by atoms with Gasteiger partial charge in [-0.2, -0.15) is 0 Å². The zero-order chi connectivity index (χ0) is 11.7. The van der Waals surface area contributed by atoms with Gasteiger partial charge in [0.15, 0.2) is 0 Å². The first-order valence-electron chi connectivity index (χ1n) is 5.92. The predicted octanol–water partition coefficient (Wildman–Crippen LogP) is 4.25. The van der Waals surface area contributed by atoms with Crippen LogP contribution >= 0.6 is 11.3 Å². The van der Waals surface area contributed by atoms with Gasteiger partial charge in [-0.3, -0.25) is 0 Å². The Morgan fingerprint density at radius 3 is 2.76 bits per heavy atom. The maximum absolute atomic E-state index is 2.42. The maximum atomic E-state index is 2.42. The van der Waals surface area contributed by atoms with Crippen LogP contribution in [0.15, 0.2) is 47.8 Å². The van der Waals surface area contributed by atoms with Crippen LogP contribution in [0, 0.1) is 6.92 Å². The number of thiophene rings is 1. The standard InChI is InChI=1S/C15H15NS/c1-12-11-15-14(8-10-17-15)16(12)9-7-13-5-3-2-4-6-13/h2-6,8,10-11H,7,9H2,1H3. The third-order valence-corrected chi connectivity index (χ3v) is 4.05. The molecule has 2 aromatic heterocycles. The molecule has 0 aliphatic rings. The molecule has 1 nitrogen and oxygen atoms in total. The Morgan fingerprint density at radius 1 is 1.12 bits per heavy atom. The summed E-state index contributed by atoms with van der Waals surface area (Å²) < 4.78 is 3.81. The van der Waals surface area contributed by atoms with E-state index in [1.165, 1.54) is 21.5 Å². The minimum absolute atomic E-state index is 1.07. The number of rotatable bonds is 3. The SMILES string of the molecule is Cc1cc2sccc2n1CCc1ccccc1. The van der Waals surface area contributed by atoms with Crippen LogP contribution in [0.5, 0.6) is 0 Å². The fourth-order valence-corrected chi connectivity index (χ4v) is 3.17. The zero-order valence-corrected chi connectivity index (χ0v) is 10.7. The molecule has 0 spiro atoms. The van der Waals surface area contributed by atoms with Gasteiger partial charge in [0.05, 0.1) is 10.2 Å². The summed E-state index contributed by atoms with van der Waals surface area (Å²) in [7, 11) is 0. The van der Waals surface area contributed by atoms with Crippen LogP contribution in [-0.2, 0) is 13.0 Å². The van der Waals surface area contributed by atoms with Crippen LogP contribution in [-0.4, -0.2) is 4.57 Å². The highest BCUT2D eigenvalue weighted by atomic mass is 32.1. The third kappa shape index (κ3) is 2.01. The van der Waals surface area contributed by atoms with Gasteiger partial charge in [-0.15, -0.1) is 11.3 Å². The molecule has 3 aromatic rings. The molecule has 0 bridgehead atoms. The first-order chi connectivity index (χ1) is 8.34.